The standard InChI is InChI=1S/C25H25FN2O4/c1-17-12-19(25(30)28(2)3)14-21(13-17)27-24(29)16-32-23-7-5-4-6-22(23)31-15-18-8-10-20(26)11-9-18/h4-14H,15-16H2,1-3H3,(H,27,29). The molecule has 7 heteroatoms. The second kappa shape index (κ2) is 10.4. The number of amides is 2. The molecule has 0 aliphatic rings. The summed E-state index contributed by atoms with van der Waals surface area (Å²) in [5.74, 6) is 0.0618. The molecule has 0 saturated carbocycles. The largest absolute Gasteiger partial charge is 0.485 e. The van der Waals surface area contributed by atoms with E-state index in [9.17, 15) is 14.0 Å². The molecule has 0 saturated heterocycles. The van der Waals surface area contributed by atoms with Crippen LogP contribution in [0.15, 0.2) is 66.7 Å². The summed E-state index contributed by atoms with van der Waals surface area (Å²) in [6.45, 7) is 1.86. The fourth-order valence-corrected chi connectivity index (χ4v) is 3.01. The van der Waals surface area contributed by atoms with Crippen LogP contribution in [0.25, 0.3) is 0 Å². The van der Waals surface area contributed by atoms with E-state index in [1.165, 1.54) is 17.0 Å². The number of para-hydroxylation sites is 2. The maximum Gasteiger partial charge on any atom is 0.262 e. The summed E-state index contributed by atoms with van der Waals surface area (Å²) in [6.07, 6.45) is 0. The number of rotatable bonds is 8. The fourth-order valence-electron chi connectivity index (χ4n) is 3.01. The number of benzene rings is 3. The Morgan fingerprint density at radius 1 is 0.938 bits per heavy atom. The molecule has 1 N–H and O–H groups in total. The van der Waals surface area contributed by atoms with Gasteiger partial charge >= 0.3 is 0 Å². The zero-order chi connectivity index (χ0) is 23.1. The van der Waals surface area contributed by atoms with E-state index in [1.807, 2.05) is 6.92 Å². The lowest BCUT2D eigenvalue weighted by molar-refractivity contribution is -0.118. The zero-order valence-corrected chi connectivity index (χ0v) is 18.2. The average Bonchev–Trinajstić information content (AvgIpc) is 2.77. The van der Waals surface area contributed by atoms with Gasteiger partial charge in [0.05, 0.1) is 0 Å². The Hall–Kier alpha value is -3.87. The third-order valence-electron chi connectivity index (χ3n) is 4.53. The van der Waals surface area contributed by atoms with Crippen molar-refractivity contribution in [2.24, 2.45) is 0 Å². The van der Waals surface area contributed by atoms with Crippen LogP contribution in [-0.4, -0.2) is 37.4 Å². The summed E-state index contributed by atoms with van der Waals surface area (Å²) in [4.78, 5) is 26.1. The van der Waals surface area contributed by atoms with Crippen molar-refractivity contribution in [1.82, 2.24) is 4.90 Å². The summed E-state index contributed by atoms with van der Waals surface area (Å²) >= 11 is 0. The van der Waals surface area contributed by atoms with E-state index in [1.54, 1.807) is 68.7 Å². The van der Waals surface area contributed by atoms with Gasteiger partial charge in [-0.1, -0.05) is 24.3 Å². The van der Waals surface area contributed by atoms with Gasteiger partial charge < -0.3 is 19.7 Å². The van der Waals surface area contributed by atoms with Crippen LogP contribution in [0, 0.1) is 12.7 Å². The molecule has 166 valence electrons. The van der Waals surface area contributed by atoms with Crippen LogP contribution in [0.3, 0.4) is 0 Å². The SMILES string of the molecule is Cc1cc(NC(=O)COc2ccccc2OCc2ccc(F)cc2)cc(C(=O)N(C)C)c1. The number of carbonyl (C=O) groups excluding carboxylic acids is 2. The van der Waals surface area contributed by atoms with E-state index in [0.717, 1.165) is 11.1 Å². The average molecular weight is 436 g/mol. The van der Waals surface area contributed by atoms with Crippen LogP contribution in [-0.2, 0) is 11.4 Å². The minimum Gasteiger partial charge on any atom is -0.485 e. The zero-order valence-electron chi connectivity index (χ0n) is 18.2. The van der Waals surface area contributed by atoms with Crippen molar-refractivity contribution in [2.75, 3.05) is 26.0 Å². The molecule has 0 fully saturated rings. The van der Waals surface area contributed by atoms with Crippen molar-refractivity contribution in [2.45, 2.75) is 13.5 Å². The van der Waals surface area contributed by atoms with Gasteiger partial charge in [0.2, 0.25) is 0 Å². The molecule has 0 unspecified atom stereocenters. The number of aryl methyl sites for hydroxylation is 1. The first-order valence-corrected chi connectivity index (χ1v) is 10.0. The van der Waals surface area contributed by atoms with Crippen molar-refractivity contribution in [3.05, 3.63) is 89.2 Å². The molecule has 3 aromatic carbocycles. The monoisotopic (exact) mass is 436 g/mol. The Labute approximate surface area is 186 Å². The van der Waals surface area contributed by atoms with Gasteiger partial charge in [0.1, 0.15) is 12.4 Å². The van der Waals surface area contributed by atoms with E-state index in [-0.39, 0.29) is 30.8 Å². The smallest absolute Gasteiger partial charge is 0.262 e. The van der Waals surface area contributed by atoms with Gasteiger partial charge in [-0.2, -0.15) is 0 Å². The van der Waals surface area contributed by atoms with Gasteiger partial charge in [-0.3, -0.25) is 9.59 Å². The van der Waals surface area contributed by atoms with E-state index in [2.05, 4.69) is 5.32 Å². The summed E-state index contributed by atoms with van der Waals surface area (Å²) in [5.41, 5.74) is 2.67. The first kappa shape index (κ1) is 22.8. The summed E-state index contributed by atoms with van der Waals surface area (Å²) in [6, 6.07) is 18.2. The van der Waals surface area contributed by atoms with Crippen molar-refractivity contribution in [3.63, 3.8) is 0 Å². The molecular weight excluding hydrogens is 411 g/mol. The molecule has 32 heavy (non-hydrogen) atoms. The first-order valence-electron chi connectivity index (χ1n) is 10.0. The van der Waals surface area contributed by atoms with Crippen molar-refractivity contribution in [3.8, 4) is 11.5 Å². The lowest BCUT2D eigenvalue weighted by atomic mass is 10.1. The van der Waals surface area contributed by atoms with Crippen LogP contribution >= 0.6 is 0 Å². The molecule has 2 amide bonds. The molecule has 6 nitrogen and oxygen atoms in total. The molecule has 3 rings (SSSR count). The van der Waals surface area contributed by atoms with Crippen molar-refractivity contribution < 1.29 is 23.5 Å². The number of anilines is 1. The number of carbonyl (C=O) groups is 2. The van der Waals surface area contributed by atoms with Gasteiger partial charge in [0, 0.05) is 25.3 Å². The highest BCUT2D eigenvalue weighted by molar-refractivity contribution is 5.97. The lowest BCUT2D eigenvalue weighted by Crippen LogP contribution is -2.23. The van der Waals surface area contributed by atoms with E-state index >= 15 is 0 Å². The molecule has 0 aliphatic carbocycles. The van der Waals surface area contributed by atoms with Crippen LogP contribution in [0.5, 0.6) is 11.5 Å². The summed E-state index contributed by atoms with van der Waals surface area (Å²) < 4.78 is 24.5. The maximum absolute atomic E-state index is 13.0. The highest BCUT2D eigenvalue weighted by Crippen LogP contribution is 2.27. The minimum absolute atomic E-state index is 0.146. The maximum atomic E-state index is 13.0. The predicted molar refractivity (Wildman–Crippen MR) is 120 cm³/mol. The van der Waals surface area contributed by atoms with Gasteiger partial charge in [0.15, 0.2) is 18.1 Å². The Morgan fingerprint density at radius 2 is 1.59 bits per heavy atom. The Kier molecular flexibility index (Phi) is 7.44. The second-order valence-electron chi connectivity index (χ2n) is 7.49. The molecule has 0 spiro atoms. The predicted octanol–water partition coefficient (Wildman–Crippen LogP) is 4.43. The van der Waals surface area contributed by atoms with Crippen LogP contribution in [0.2, 0.25) is 0 Å². The molecular formula is C25H25FN2O4. The minimum atomic E-state index is -0.368. The van der Waals surface area contributed by atoms with Crippen molar-refractivity contribution >= 4 is 17.5 Å². The fraction of sp³-hybridized carbons (Fsp3) is 0.200. The molecule has 0 aliphatic heterocycles. The van der Waals surface area contributed by atoms with E-state index in [4.69, 9.17) is 9.47 Å². The molecule has 3 aromatic rings. The number of nitrogens with zero attached hydrogens (tertiary/aromatic N) is 1. The van der Waals surface area contributed by atoms with Crippen molar-refractivity contribution in [1.29, 1.82) is 0 Å². The van der Waals surface area contributed by atoms with Crippen LogP contribution < -0.4 is 14.8 Å². The third kappa shape index (κ3) is 6.31. The Balaban J connectivity index is 1.60. The van der Waals surface area contributed by atoms with Gasteiger partial charge in [-0.25, -0.2) is 4.39 Å². The molecule has 0 aromatic heterocycles. The number of halogens is 1. The van der Waals surface area contributed by atoms with Gasteiger partial charge in [0.25, 0.3) is 11.8 Å². The molecule has 0 bridgehead atoms. The van der Waals surface area contributed by atoms with Gasteiger partial charge in [-0.05, 0) is 60.5 Å². The molecule has 0 heterocycles. The number of nitrogens with one attached hydrogen (secondary N) is 1. The topological polar surface area (TPSA) is 67.9 Å². The van der Waals surface area contributed by atoms with Gasteiger partial charge in [-0.15, -0.1) is 0 Å². The van der Waals surface area contributed by atoms with Crippen LogP contribution in [0.4, 0.5) is 10.1 Å². The summed E-state index contributed by atoms with van der Waals surface area (Å²) in [5, 5.41) is 2.76. The van der Waals surface area contributed by atoms with E-state index < -0.39 is 0 Å². The lowest BCUT2D eigenvalue weighted by Gasteiger charge is -2.14. The Bertz CT molecular complexity index is 1100. The normalized spacial score (nSPS) is 10.4. The number of hydrogen-bond acceptors (Lipinski definition) is 4. The summed E-state index contributed by atoms with van der Waals surface area (Å²) in [7, 11) is 3.35. The van der Waals surface area contributed by atoms with Crippen LogP contribution in [0.1, 0.15) is 21.5 Å². The number of ether oxygens (including phenoxy) is 2. The highest BCUT2D eigenvalue weighted by atomic mass is 19.1. The highest BCUT2D eigenvalue weighted by Gasteiger charge is 2.12. The van der Waals surface area contributed by atoms with E-state index in [0.29, 0.717) is 22.7 Å². The quantitative estimate of drug-likeness (QED) is 0.567. The molecule has 0 atom stereocenters. The first-order chi connectivity index (χ1) is 15.3. The Morgan fingerprint density at radius 3 is 2.25 bits per heavy atom. The molecule has 0 radical (unpaired) electrons. The third-order valence-corrected chi connectivity index (χ3v) is 4.53. The second-order valence-corrected chi connectivity index (χ2v) is 7.49. The number of hydrogen-bond donors (Lipinski definition) is 1.